The summed E-state index contributed by atoms with van der Waals surface area (Å²) in [7, 11) is 0. The molecule has 3 aromatic heterocycles. The van der Waals surface area contributed by atoms with Crippen molar-refractivity contribution in [1.82, 2.24) is 34.7 Å². The van der Waals surface area contributed by atoms with Gasteiger partial charge in [0.2, 0.25) is 5.95 Å². The Morgan fingerprint density at radius 3 is 2.67 bits per heavy atom. The lowest BCUT2D eigenvalue weighted by Crippen LogP contribution is -2.48. The van der Waals surface area contributed by atoms with Gasteiger partial charge in [0.15, 0.2) is 11.6 Å². The molecule has 1 unspecified atom stereocenters. The van der Waals surface area contributed by atoms with Gasteiger partial charge in [-0.2, -0.15) is 0 Å². The standard InChI is InChI=1S/C26H30F2N8/c1-15(2)36-17(4)32-25-20(27)9-19(10-22(25)36)24-21(28)12-31-26(34-24)33-23-6-5-18(11-30-23)14-35-8-7-29-16(3)13-35/h5-6,9-12,15-16,29H,7-8,13-14H2,1-4H3,(H,30,31,33,34). The molecule has 188 valence electrons. The summed E-state index contributed by atoms with van der Waals surface area (Å²) in [5, 5.41) is 6.47. The number of anilines is 2. The van der Waals surface area contributed by atoms with Gasteiger partial charge in [0.25, 0.3) is 0 Å². The predicted octanol–water partition coefficient (Wildman–Crippen LogP) is 4.59. The fraction of sp³-hybridized carbons (Fsp3) is 0.385. The molecule has 0 amide bonds. The first-order valence-electron chi connectivity index (χ1n) is 12.2. The summed E-state index contributed by atoms with van der Waals surface area (Å²) in [6, 6.07) is 7.38. The number of pyridine rings is 1. The Bertz CT molecular complexity index is 1380. The van der Waals surface area contributed by atoms with Crippen LogP contribution in [0.25, 0.3) is 22.3 Å². The first-order chi connectivity index (χ1) is 17.3. The molecule has 1 aliphatic heterocycles. The van der Waals surface area contributed by atoms with Gasteiger partial charge in [0, 0.05) is 50.0 Å². The highest BCUT2D eigenvalue weighted by Crippen LogP contribution is 2.30. The van der Waals surface area contributed by atoms with Crippen molar-refractivity contribution in [2.75, 3.05) is 25.0 Å². The molecule has 1 fully saturated rings. The van der Waals surface area contributed by atoms with Crippen LogP contribution >= 0.6 is 0 Å². The van der Waals surface area contributed by atoms with E-state index in [1.54, 1.807) is 6.07 Å². The fourth-order valence-electron chi connectivity index (χ4n) is 4.81. The van der Waals surface area contributed by atoms with E-state index in [0.29, 0.717) is 28.8 Å². The molecular weight excluding hydrogens is 462 g/mol. The number of nitrogens with zero attached hydrogens (tertiary/aromatic N) is 6. The lowest BCUT2D eigenvalue weighted by molar-refractivity contribution is 0.199. The van der Waals surface area contributed by atoms with Crippen molar-refractivity contribution < 1.29 is 8.78 Å². The number of halogens is 2. The quantitative estimate of drug-likeness (QED) is 0.407. The average molecular weight is 493 g/mol. The number of rotatable bonds is 6. The van der Waals surface area contributed by atoms with Crippen molar-refractivity contribution in [3.05, 3.63) is 59.7 Å². The minimum absolute atomic E-state index is 0.00640. The van der Waals surface area contributed by atoms with Crippen LogP contribution in [-0.2, 0) is 6.54 Å². The highest BCUT2D eigenvalue weighted by Gasteiger charge is 2.19. The molecule has 0 spiro atoms. The van der Waals surface area contributed by atoms with Crippen molar-refractivity contribution in [3.63, 3.8) is 0 Å². The number of aryl methyl sites for hydroxylation is 1. The van der Waals surface area contributed by atoms with E-state index in [2.05, 4.69) is 42.4 Å². The van der Waals surface area contributed by atoms with E-state index in [1.807, 2.05) is 43.7 Å². The number of aromatic nitrogens is 5. The van der Waals surface area contributed by atoms with Crippen LogP contribution in [-0.4, -0.2) is 55.1 Å². The van der Waals surface area contributed by atoms with Gasteiger partial charge >= 0.3 is 0 Å². The van der Waals surface area contributed by atoms with Crippen molar-refractivity contribution in [2.45, 2.75) is 46.3 Å². The Morgan fingerprint density at radius 2 is 1.94 bits per heavy atom. The molecule has 4 heterocycles. The maximum absolute atomic E-state index is 14.9. The minimum atomic E-state index is -0.639. The molecule has 5 rings (SSSR count). The van der Waals surface area contributed by atoms with Crippen LogP contribution in [0.3, 0.4) is 0 Å². The smallest absolute Gasteiger partial charge is 0.229 e. The summed E-state index contributed by atoms with van der Waals surface area (Å²) in [4.78, 5) is 19.6. The van der Waals surface area contributed by atoms with Crippen LogP contribution in [0.5, 0.6) is 0 Å². The van der Waals surface area contributed by atoms with Crippen LogP contribution in [0, 0.1) is 18.6 Å². The maximum Gasteiger partial charge on any atom is 0.229 e. The van der Waals surface area contributed by atoms with E-state index in [-0.39, 0.29) is 23.2 Å². The second kappa shape index (κ2) is 9.87. The van der Waals surface area contributed by atoms with Crippen LogP contribution in [0.2, 0.25) is 0 Å². The third kappa shape index (κ3) is 4.91. The Hall–Kier alpha value is -3.50. The predicted molar refractivity (Wildman–Crippen MR) is 136 cm³/mol. The van der Waals surface area contributed by atoms with Crippen molar-refractivity contribution in [1.29, 1.82) is 0 Å². The first-order valence-corrected chi connectivity index (χ1v) is 12.2. The van der Waals surface area contributed by atoms with Gasteiger partial charge in [0.05, 0.1) is 11.7 Å². The molecule has 8 nitrogen and oxygen atoms in total. The van der Waals surface area contributed by atoms with Crippen LogP contribution in [0.1, 0.15) is 38.2 Å². The number of nitrogens with one attached hydrogen (secondary N) is 2. The van der Waals surface area contributed by atoms with Gasteiger partial charge in [-0.3, -0.25) is 4.90 Å². The normalized spacial score (nSPS) is 16.7. The monoisotopic (exact) mass is 492 g/mol. The van der Waals surface area contributed by atoms with Crippen LogP contribution in [0.4, 0.5) is 20.5 Å². The third-order valence-corrected chi connectivity index (χ3v) is 6.38. The summed E-state index contributed by atoms with van der Waals surface area (Å²) in [6.07, 6.45) is 2.90. The Kier molecular flexibility index (Phi) is 6.63. The molecule has 0 aliphatic carbocycles. The molecular formula is C26H30F2N8. The van der Waals surface area contributed by atoms with Crippen LogP contribution < -0.4 is 10.6 Å². The van der Waals surface area contributed by atoms with Crippen LogP contribution in [0.15, 0.2) is 36.7 Å². The number of hydrogen-bond donors (Lipinski definition) is 2. The molecule has 0 radical (unpaired) electrons. The van der Waals surface area contributed by atoms with Gasteiger partial charge in [-0.1, -0.05) is 6.07 Å². The van der Waals surface area contributed by atoms with Gasteiger partial charge in [-0.15, -0.1) is 0 Å². The first kappa shape index (κ1) is 24.2. The summed E-state index contributed by atoms with van der Waals surface area (Å²) in [5.74, 6) is 0.258. The number of fused-ring (bicyclic) bond motifs is 1. The number of piperazine rings is 1. The van der Waals surface area contributed by atoms with Gasteiger partial charge in [-0.05, 0) is 51.5 Å². The Morgan fingerprint density at radius 1 is 1.11 bits per heavy atom. The lowest BCUT2D eigenvalue weighted by Gasteiger charge is -2.31. The second-order valence-corrected chi connectivity index (χ2v) is 9.61. The molecule has 1 atom stereocenters. The number of benzene rings is 1. The zero-order valence-electron chi connectivity index (χ0n) is 20.9. The van der Waals surface area contributed by atoms with Crippen molar-refractivity contribution in [3.8, 4) is 11.3 Å². The third-order valence-electron chi connectivity index (χ3n) is 6.38. The zero-order valence-corrected chi connectivity index (χ0v) is 20.9. The van der Waals surface area contributed by atoms with E-state index >= 15 is 0 Å². The largest absolute Gasteiger partial charge is 0.326 e. The van der Waals surface area contributed by atoms with E-state index in [4.69, 9.17) is 0 Å². The van der Waals surface area contributed by atoms with E-state index < -0.39 is 11.6 Å². The molecule has 0 saturated carbocycles. The topological polar surface area (TPSA) is 83.8 Å². The van der Waals surface area contributed by atoms with Gasteiger partial charge < -0.3 is 15.2 Å². The van der Waals surface area contributed by atoms with Gasteiger partial charge in [-0.25, -0.2) is 28.7 Å². The Balaban J connectivity index is 1.38. The molecule has 10 heteroatoms. The van der Waals surface area contributed by atoms with E-state index in [9.17, 15) is 8.78 Å². The molecule has 0 bridgehead atoms. The Labute approximate surface area is 208 Å². The minimum Gasteiger partial charge on any atom is -0.326 e. The molecule has 1 saturated heterocycles. The molecule has 2 N–H and O–H groups in total. The number of hydrogen-bond acceptors (Lipinski definition) is 7. The van der Waals surface area contributed by atoms with Gasteiger partial charge in [0.1, 0.15) is 22.9 Å². The SMILES string of the molecule is Cc1nc2c(F)cc(-c3nc(Nc4ccc(CN5CCNC(C)C5)cn4)ncc3F)cc2n1C(C)C. The molecule has 4 aromatic rings. The van der Waals surface area contributed by atoms with E-state index in [0.717, 1.165) is 37.9 Å². The summed E-state index contributed by atoms with van der Waals surface area (Å²) >= 11 is 0. The maximum atomic E-state index is 14.9. The fourth-order valence-corrected chi connectivity index (χ4v) is 4.81. The molecule has 36 heavy (non-hydrogen) atoms. The lowest BCUT2D eigenvalue weighted by atomic mass is 10.1. The number of imidazole rings is 1. The highest BCUT2D eigenvalue weighted by atomic mass is 19.1. The molecule has 1 aliphatic rings. The van der Waals surface area contributed by atoms with Crippen molar-refractivity contribution in [2.24, 2.45) is 0 Å². The summed E-state index contributed by atoms with van der Waals surface area (Å²) in [6.45, 7) is 11.8. The van der Waals surface area contributed by atoms with E-state index in [1.165, 1.54) is 6.07 Å². The zero-order chi connectivity index (χ0) is 25.4. The summed E-state index contributed by atoms with van der Waals surface area (Å²) in [5.41, 5.74) is 2.29. The second-order valence-electron chi connectivity index (χ2n) is 9.61. The average Bonchev–Trinajstić information content (AvgIpc) is 3.18. The van der Waals surface area contributed by atoms with Crippen molar-refractivity contribution >= 4 is 22.8 Å². The molecule has 1 aromatic carbocycles. The summed E-state index contributed by atoms with van der Waals surface area (Å²) < 4.78 is 31.6. The highest BCUT2D eigenvalue weighted by molar-refractivity contribution is 5.83.